The van der Waals surface area contributed by atoms with Crippen LogP contribution in [0, 0.1) is 0 Å². The van der Waals surface area contributed by atoms with Crippen molar-refractivity contribution in [1.29, 1.82) is 0 Å². The van der Waals surface area contributed by atoms with Gasteiger partial charge in [-0.05, 0) is 44.8 Å². The summed E-state index contributed by atoms with van der Waals surface area (Å²) in [5.41, 5.74) is 0.442. The Bertz CT molecular complexity index is 1020. The second-order valence-corrected chi connectivity index (χ2v) is 5.70. The summed E-state index contributed by atoms with van der Waals surface area (Å²) in [7, 11) is 0. The monoisotopic (exact) mass is 405 g/mol. The summed E-state index contributed by atoms with van der Waals surface area (Å²) in [4.78, 5) is 21.1. The molecule has 0 aliphatic heterocycles. The Balaban J connectivity index is 0.000000187. The Morgan fingerprint density at radius 3 is 1.19 bits per heavy atom. The van der Waals surface area contributed by atoms with E-state index in [-0.39, 0.29) is 28.2 Å². The predicted octanol–water partition coefficient (Wildman–Crippen LogP) is 2.40. The molecule has 4 rings (SSSR count). The maximum atomic E-state index is 10.5. The van der Waals surface area contributed by atoms with Crippen molar-refractivity contribution in [3.8, 4) is 0 Å². The van der Waals surface area contributed by atoms with E-state index in [0.29, 0.717) is 0 Å². The van der Waals surface area contributed by atoms with Gasteiger partial charge in [0.15, 0.2) is 0 Å². The van der Waals surface area contributed by atoms with Gasteiger partial charge in [-0.2, -0.15) is 0 Å². The van der Waals surface area contributed by atoms with Gasteiger partial charge in [-0.1, -0.05) is 72.8 Å². The van der Waals surface area contributed by atoms with Crippen molar-refractivity contribution in [3.63, 3.8) is 0 Å². The zero-order valence-electron chi connectivity index (χ0n) is 14.0. The fourth-order valence-electron chi connectivity index (χ4n) is 2.63. The van der Waals surface area contributed by atoms with E-state index in [0.717, 1.165) is 21.5 Å². The van der Waals surface area contributed by atoms with Crippen LogP contribution in [0.3, 0.4) is 0 Å². The van der Waals surface area contributed by atoms with E-state index in [1.807, 2.05) is 48.5 Å². The van der Waals surface area contributed by atoms with Crippen LogP contribution in [-0.4, -0.2) is 11.9 Å². The summed E-state index contributed by atoms with van der Waals surface area (Å²) in [5.74, 6) is -2.27. The number of hydrogen-bond acceptors (Lipinski definition) is 4. The number of rotatable bonds is 2. The Morgan fingerprint density at radius 2 is 0.852 bits per heavy atom. The Kier molecular flexibility index (Phi) is 6.72. The predicted molar refractivity (Wildman–Crippen MR) is 96.6 cm³/mol. The first kappa shape index (κ1) is 20.2. The molecule has 0 amide bonds. The van der Waals surface area contributed by atoms with Gasteiger partial charge in [0.25, 0.3) is 0 Å². The topological polar surface area (TPSA) is 80.3 Å². The standard InChI is InChI=1S/2C11H8O2.Cu/c2*12-11(13)10-6-5-8-3-1-2-4-9(8)7-10;/h2*1-7H,(H,12,13);/q;;+2/p-2. The molecule has 5 heteroatoms. The number of carboxylic acids is 2. The van der Waals surface area contributed by atoms with Crippen molar-refractivity contribution < 1.29 is 36.9 Å². The molecule has 0 aromatic heterocycles. The molecule has 0 fully saturated rings. The van der Waals surface area contributed by atoms with Crippen molar-refractivity contribution >= 4 is 33.5 Å². The first-order chi connectivity index (χ1) is 12.5. The summed E-state index contributed by atoms with van der Waals surface area (Å²) in [6, 6.07) is 25.1. The molecule has 27 heavy (non-hydrogen) atoms. The molecule has 4 aromatic carbocycles. The van der Waals surface area contributed by atoms with Gasteiger partial charge in [-0.25, -0.2) is 0 Å². The first-order valence-corrected chi connectivity index (χ1v) is 7.95. The van der Waals surface area contributed by atoms with Crippen molar-refractivity contribution in [2.24, 2.45) is 0 Å². The van der Waals surface area contributed by atoms with Crippen LogP contribution in [0.5, 0.6) is 0 Å². The second-order valence-electron chi connectivity index (χ2n) is 5.70. The van der Waals surface area contributed by atoms with Gasteiger partial charge < -0.3 is 19.8 Å². The molecular weight excluding hydrogens is 392 g/mol. The van der Waals surface area contributed by atoms with Crippen molar-refractivity contribution in [3.05, 3.63) is 96.1 Å². The van der Waals surface area contributed by atoms with Crippen LogP contribution in [0.1, 0.15) is 20.7 Å². The minimum atomic E-state index is -1.13. The summed E-state index contributed by atoms with van der Waals surface area (Å²) in [5, 5.41) is 25.0. The number of carbonyl (C=O) groups excluding carboxylic acids is 2. The molecule has 0 spiro atoms. The van der Waals surface area contributed by atoms with E-state index in [9.17, 15) is 19.8 Å². The maximum Gasteiger partial charge on any atom is 2.00 e. The fourth-order valence-corrected chi connectivity index (χ4v) is 2.63. The quantitative estimate of drug-likeness (QED) is 0.479. The van der Waals surface area contributed by atoms with Crippen molar-refractivity contribution in [1.82, 2.24) is 0 Å². The van der Waals surface area contributed by atoms with Gasteiger partial charge in [0.2, 0.25) is 0 Å². The third kappa shape index (κ3) is 4.94. The molecular formula is C22H14CuO4. The molecule has 0 aliphatic carbocycles. The van der Waals surface area contributed by atoms with Crippen LogP contribution in [0.2, 0.25) is 0 Å². The molecule has 4 nitrogen and oxygen atoms in total. The molecule has 137 valence electrons. The third-order valence-corrected chi connectivity index (χ3v) is 3.97. The molecule has 0 saturated carbocycles. The molecule has 4 aromatic rings. The van der Waals surface area contributed by atoms with E-state index in [1.54, 1.807) is 36.4 Å². The largest absolute Gasteiger partial charge is 2.00 e. The minimum absolute atomic E-state index is 0. The minimum Gasteiger partial charge on any atom is -0.545 e. The molecule has 0 N–H and O–H groups in total. The Morgan fingerprint density at radius 1 is 0.519 bits per heavy atom. The number of carboxylic acid groups (broad SMARTS) is 2. The van der Waals surface area contributed by atoms with Crippen LogP contribution < -0.4 is 10.2 Å². The number of fused-ring (bicyclic) bond motifs is 2. The molecule has 0 heterocycles. The normalized spacial score (nSPS) is 9.78. The molecule has 0 atom stereocenters. The van der Waals surface area contributed by atoms with Crippen LogP contribution in [-0.2, 0) is 17.1 Å². The Hall–Kier alpha value is -3.14. The van der Waals surface area contributed by atoms with Crippen molar-refractivity contribution in [2.75, 3.05) is 0 Å². The summed E-state index contributed by atoms with van der Waals surface area (Å²) in [6.45, 7) is 0. The van der Waals surface area contributed by atoms with Gasteiger partial charge in [0.1, 0.15) is 0 Å². The average molecular weight is 406 g/mol. The zero-order chi connectivity index (χ0) is 18.5. The van der Waals surface area contributed by atoms with Crippen LogP contribution in [0.15, 0.2) is 84.9 Å². The number of benzene rings is 4. The van der Waals surface area contributed by atoms with E-state index in [2.05, 4.69) is 0 Å². The van der Waals surface area contributed by atoms with Gasteiger partial charge in [0, 0.05) is 0 Å². The van der Waals surface area contributed by atoms with Crippen molar-refractivity contribution in [2.45, 2.75) is 0 Å². The van der Waals surface area contributed by atoms with E-state index in [4.69, 9.17) is 0 Å². The number of carbonyl (C=O) groups is 2. The number of aromatic carboxylic acids is 2. The van der Waals surface area contributed by atoms with E-state index < -0.39 is 11.9 Å². The maximum absolute atomic E-state index is 10.5. The average Bonchev–Trinajstić information content (AvgIpc) is 2.67. The summed E-state index contributed by atoms with van der Waals surface area (Å²) in [6.07, 6.45) is 0. The first-order valence-electron chi connectivity index (χ1n) is 7.95. The molecule has 0 bridgehead atoms. The number of hydrogen-bond donors (Lipinski definition) is 0. The van der Waals surface area contributed by atoms with Gasteiger partial charge in [-0.15, -0.1) is 0 Å². The third-order valence-electron chi connectivity index (χ3n) is 3.97. The molecule has 1 radical (unpaired) electrons. The molecule has 0 saturated heterocycles. The van der Waals surface area contributed by atoms with Gasteiger partial charge in [-0.3, -0.25) is 0 Å². The fraction of sp³-hybridized carbons (Fsp3) is 0. The second kappa shape index (κ2) is 8.99. The van der Waals surface area contributed by atoms with Crippen LogP contribution >= 0.6 is 0 Å². The van der Waals surface area contributed by atoms with E-state index in [1.165, 1.54) is 0 Å². The summed E-state index contributed by atoms with van der Waals surface area (Å²) < 4.78 is 0. The SMILES string of the molecule is O=C([O-])c1ccc2ccccc2c1.O=C([O-])c1ccc2ccccc2c1.[Cu+2]. The zero-order valence-corrected chi connectivity index (χ0v) is 15.0. The van der Waals surface area contributed by atoms with Gasteiger partial charge >= 0.3 is 17.1 Å². The van der Waals surface area contributed by atoms with Crippen LogP contribution in [0.25, 0.3) is 21.5 Å². The van der Waals surface area contributed by atoms with Crippen LogP contribution in [0.4, 0.5) is 0 Å². The van der Waals surface area contributed by atoms with Gasteiger partial charge in [0.05, 0.1) is 11.9 Å². The van der Waals surface area contributed by atoms with E-state index >= 15 is 0 Å². The molecule has 0 unspecified atom stereocenters. The molecule has 0 aliphatic rings. The summed E-state index contributed by atoms with van der Waals surface area (Å²) >= 11 is 0. The smallest absolute Gasteiger partial charge is 0.545 e. The Labute approximate surface area is 166 Å².